The fourth-order valence-electron chi connectivity index (χ4n) is 19.9. The van der Waals surface area contributed by atoms with E-state index in [0.717, 1.165) is 178 Å². The fourth-order valence-corrected chi connectivity index (χ4v) is 19.9. The van der Waals surface area contributed by atoms with E-state index < -0.39 is 0 Å². The second kappa shape index (κ2) is 25.8. The first-order valence-electron chi connectivity index (χ1n) is 40.7. The van der Waals surface area contributed by atoms with Gasteiger partial charge in [0.1, 0.15) is 45.4 Å². The van der Waals surface area contributed by atoms with Gasteiger partial charge in [-0.1, -0.05) is 258 Å². The summed E-state index contributed by atoms with van der Waals surface area (Å²) in [6.07, 6.45) is 0. The van der Waals surface area contributed by atoms with Gasteiger partial charge >= 0.3 is 0 Å². The molecule has 556 valence electrons. The molecule has 6 nitrogen and oxygen atoms in total. The van der Waals surface area contributed by atoms with Crippen LogP contribution in [0.15, 0.2) is 394 Å². The van der Waals surface area contributed by atoms with Crippen LogP contribution in [-0.4, -0.2) is 0 Å². The quantitative estimate of drug-likeness (QED) is 0.121. The summed E-state index contributed by atoms with van der Waals surface area (Å²) in [5.41, 5.74) is 27.9. The van der Waals surface area contributed by atoms with Gasteiger partial charge in [0.2, 0.25) is 0 Å². The standard InChI is InChI=1S/C112H74N2O4/c1-111(2)91-35-19-17-33-89(91)105-85-31-15-13-29-83(85)95(65-93(105)111)113(81-53-47-71-59-77(41-39-73(71)61-81)101-63-75-27-11-21-37-97(75)115-101)79-49-43-69(44-50-79)109-103(67-23-7-5-8-24-67)107-87-56-58-100-108(88(87)55-57-99(107)117-109)104(68-25-9-6-10-26-68)110(118-100)70-45-51-80(52-46-70)114(82-54-48-72-60-78(42-40-74(72)62-82)102-64-76-28-12-22-38-98(76)116-102)96-66-94-106(86-32-16-14-30-84(86)96)90-34-18-20-36-92(90)112(94,3)4/h5-66H,1-4H3. The van der Waals surface area contributed by atoms with Crippen molar-refractivity contribution in [2.24, 2.45) is 0 Å². The molecule has 0 bridgehead atoms. The van der Waals surface area contributed by atoms with E-state index in [0.29, 0.717) is 0 Å². The molecule has 4 heterocycles. The second-order valence-electron chi connectivity index (χ2n) is 32.9. The van der Waals surface area contributed by atoms with Gasteiger partial charge in [0.05, 0.1) is 11.4 Å². The Hall–Kier alpha value is -15.0. The molecule has 0 fully saturated rings. The van der Waals surface area contributed by atoms with Gasteiger partial charge in [-0.25, -0.2) is 0 Å². The minimum atomic E-state index is -0.250. The maximum absolute atomic E-state index is 7.35. The van der Waals surface area contributed by atoms with Crippen LogP contribution in [0.3, 0.4) is 0 Å². The molecule has 0 saturated heterocycles. The van der Waals surface area contributed by atoms with E-state index in [-0.39, 0.29) is 10.8 Å². The molecule has 0 N–H and O–H groups in total. The molecular weight excluding hydrogens is 1440 g/mol. The predicted molar refractivity (Wildman–Crippen MR) is 490 cm³/mol. The topological polar surface area (TPSA) is 59.0 Å². The van der Waals surface area contributed by atoms with E-state index in [1.54, 1.807) is 0 Å². The largest absolute Gasteiger partial charge is 0.456 e. The fraction of sp³-hybridized carbons (Fsp3) is 0.0536. The average Bonchev–Trinajstić information content (AvgIpc) is 1.54. The second-order valence-corrected chi connectivity index (χ2v) is 32.9. The van der Waals surface area contributed by atoms with Gasteiger partial charge in [-0.05, 0) is 244 Å². The molecule has 2 aliphatic carbocycles. The lowest BCUT2D eigenvalue weighted by molar-refractivity contribution is 0.631. The molecule has 18 aromatic carbocycles. The lowest BCUT2D eigenvalue weighted by Gasteiger charge is -2.30. The van der Waals surface area contributed by atoms with Crippen molar-refractivity contribution in [2.45, 2.75) is 38.5 Å². The summed E-state index contributed by atoms with van der Waals surface area (Å²) in [4.78, 5) is 4.92. The minimum absolute atomic E-state index is 0.250. The molecule has 0 saturated carbocycles. The predicted octanol–water partition coefficient (Wildman–Crippen LogP) is 32.0. The highest BCUT2D eigenvalue weighted by atomic mass is 16.3. The van der Waals surface area contributed by atoms with E-state index in [2.05, 4.69) is 389 Å². The summed E-state index contributed by atoms with van der Waals surface area (Å²) in [6, 6.07) is 137. The molecule has 4 aromatic heterocycles. The molecule has 0 unspecified atom stereocenters. The third-order valence-electron chi connectivity index (χ3n) is 25.6. The molecule has 24 rings (SSSR count). The van der Waals surface area contributed by atoms with Gasteiger partial charge < -0.3 is 27.5 Å². The summed E-state index contributed by atoms with van der Waals surface area (Å²) in [6.45, 7) is 9.50. The van der Waals surface area contributed by atoms with Crippen LogP contribution in [0, 0.1) is 0 Å². The molecule has 0 aliphatic heterocycles. The zero-order chi connectivity index (χ0) is 78.2. The Morgan fingerprint density at radius 1 is 0.212 bits per heavy atom. The van der Waals surface area contributed by atoms with Crippen molar-refractivity contribution in [3.05, 3.63) is 398 Å². The number of fused-ring (bicyclic) bond motifs is 19. The van der Waals surface area contributed by atoms with Crippen LogP contribution in [0.25, 0.3) is 188 Å². The Labute approximate surface area is 681 Å². The molecule has 118 heavy (non-hydrogen) atoms. The Balaban J connectivity index is 0.643. The number of hydrogen-bond acceptors (Lipinski definition) is 6. The third-order valence-corrected chi connectivity index (χ3v) is 25.6. The first kappa shape index (κ1) is 67.5. The summed E-state index contributed by atoms with van der Waals surface area (Å²) < 4.78 is 27.5. The highest BCUT2D eigenvalue weighted by Gasteiger charge is 2.40. The van der Waals surface area contributed by atoms with E-state index in [1.807, 2.05) is 24.3 Å². The Bertz CT molecular complexity index is 7390. The van der Waals surface area contributed by atoms with E-state index in [4.69, 9.17) is 17.7 Å². The van der Waals surface area contributed by atoms with Crippen LogP contribution in [0.2, 0.25) is 0 Å². The molecule has 0 amide bonds. The van der Waals surface area contributed by atoms with Gasteiger partial charge in [0.25, 0.3) is 0 Å². The van der Waals surface area contributed by atoms with Gasteiger partial charge in [0, 0.05) is 99.3 Å². The molecule has 0 atom stereocenters. The monoisotopic (exact) mass is 1510 g/mol. The van der Waals surface area contributed by atoms with Crippen molar-refractivity contribution >= 4 is 132 Å². The van der Waals surface area contributed by atoms with Crippen LogP contribution >= 0.6 is 0 Å². The summed E-state index contributed by atoms with van der Waals surface area (Å²) >= 11 is 0. The average molecular weight is 1510 g/mol. The smallest absolute Gasteiger partial charge is 0.143 e. The molecular formula is C112H74N2O4. The van der Waals surface area contributed by atoms with Crippen molar-refractivity contribution in [3.63, 3.8) is 0 Å². The van der Waals surface area contributed by atoms with Crippen molar-refractivity contribution in [1.29, 1.82) is 0 Å². The SMILES string of the molecule is CC1(C)c2ccccc2-c2c1cc(N(c1ccc(-c3oc4ccc5c(ccc6oc(-c7ccc(N(c8ccc9cc(-c%10cc%11ccccc%11o%10)ccc9c8)c8cc9c(c%10ccccc8%10)-c8ccccc8C9(C)C)cc7)c(-c7ccccc7)c65)c4c3-c3ccccc3)cc1)c1ccc3cc(-c4cc5ccccc5o4)ccc3c1)c1ccccc21. The number of benzene rings is 18. The highest BCUT2D eigenvalue weighted by Crippen LogP contribution is 2.58. The van der Waals surface area contributed by atoms with Gasteiger partial charge in [0.15, 0.2) is 0 Å². The number of para-hydroxylation sites is 2. The number of nitrogens with zero attached hydrogens (tertiary/aromatic N) is 2. The van der Waals surface area contributed by atoms with E-state index in [9.17, 15) is 0 Å². The van der Waals surface area contributed by atoms with Crippen LogP contribution in [0.5, 0.6) is 0 Å². The summed E-state index contributed by atoms with van der Waals surface area (Å²) in [5, 5.41) is 15.7. The molecule has 22 aromatic rings. The van der Waals surface area contributed by atoms with Crippen molar-refractivity contribution in [1.82, 2.24) is 0 Å². The Morgan fingerprint density at radius 3 is 1.00 bits per heavy atom. The number of rotatable bonds is 12. The number of furan rings is 4. The lowest BCUT2D eigenvalue weighted by Crippen LogP contribution is -2.17. The van der Waals surface area contributed by atoms with Crippen LogP contribution < -0.4 is 9.80 Å². The maximum Gasteiger partial charge on any atom is 0.143 e. The van der Waals surface area contributed by atoms with Crippen molar-refractivity contribution in [2.75, 3.05) is 9.80 Å². The normalized spacial score (nSPS) is 13.2. The van der Waals surface area contributed by atoms with Crippen molar-refractivity contribution in [3.8, 4) is 89.8 Å². The third kappa shape index (κ3) is 10.3. The van der Waals surface area contributed by atoms with E-state index >= 15 is 0 Å². The van der Waals surface area contributed by atoms with Crippen LogP contribution in [0.4, 0.5) is 34.1 Å². The zero-order valence-corrected chi connectivity index (χ0v) is 65.3. The molecule has 0 radical (unpaired) electrons. The number of anilines is 6. The minimum Gasteiger partial charge on any atom is -0.456 e. The van der Waals surface area contributed by atoms with Gasteiger partial charge in [-0.3, -0.25) is 0 Å². The summed E-state index contributed by atoms with van der Waals surface area (Å²) in [5.74, 6) is 3.30. The highest BCUT2D eigenvalue weighted by molar-refractivity contribution is 6.25. The molecule has 0 spiro atoms. The first-order chi connectivity index (χ1) is 58.0. The Morgan fingerprint density at radius 2 is 0.568 bits per heavy atom. The first-order valence-corrected chi connectivity index (χ1v) is 40.7. The van der Waals surface area contributed by atoms with Crippen LogP contribution in [0.1, 0.15) is 49.9 Å². The molecule has 2 aliphatic rings. The Kier molecular flexibility index (Phi) is 14.7. The zero-order valence-electron chi connectivity index (χ0n) is 65.3. The lowest BCUT2D eigenvalue weighted by atomic mass is 9.81. The maximum atomic E-state index is 7.35. The molecule has 6 heteroatoms. The van der Waals surface area contributed by atoms with Crippen molar-refractivity contribution < 1.29 is 17.7 Å². The number of hydrogen-bond donors (Lipinski definition) is 0. The van der Waals surface area contributed by atoms with Gasteiger partial charge in [-0.15, -0.1) is 0 Å². The van der Waals surface area contributed by atoms with E-state index in [1.165, 1.54) is 66.1 Å². The van der Waals surface area contributed by atoms with Crippen LogP contribution in [-0.2, 0) is 10.8 Å². The summed E-state index contributed by atoms with van der Waals surface area (Å²) in [7, 11) is 0. The van der Waals surface area contributed by atoms with Gasteiger partial charge in [-0.2, -0.15) is 0 Å².